The SMILES string of the molecule is CS(=O)(=O)NCCNC(=O)c1ccnc(C(=O)O)c1. The maximum Gasteiger partial charge on any atom is 0.354 e. The molecular weight excluding hydrogens is 274 g/mol. The number of aromatic nitrogens is 1. The van der Waals surface area contributed by atoms with Crippen LogP contribution < -0.4 is 10.0 Å². The number of hydrogen-bond acceptors (Lipinski definition) is 5. The molecule has 0 aliphatic carbocycles. The zero-order valence-corrected chi connectivity index (χ0v) is 10.9. The third kappa shape index (κ3) is 5.44. The van der Waals surface area contributed by atoms with Crippen LogP contribution in [0.4, 0.5) is 0 Å². The van der Waals surface area contributed by atoms with Crippen molar-refractivity contribution < 1.29 is 23.1 Å². The van der Waals surface area contributed by atoms with Gasteiger partial charge in [-0.05, 0) is 12.1 Å². The van der Waals surface area contributed by atoms with Gasteiger partial charge in [0.2, 0.25) is 10.0 Å². The fourth-order valence-electron chi connectivity index (χ4n) is 1.20. The van der Waals surface area contributed by atoms with Crippen molar-refractivity contribution in [2.45, 2.75) is 0 Å². The van der Waals surface area contributed by atoms with E-state index in [0.29, 0.717) is 0 Å². The second-order valence-corrected chi connectivity index (χ2v) is 5.49. The molecule has 1 aromatic heterocycles. The Morgan fingerprint density at radius 3 is 2.63 bits per heavy atom. The number of carbonyl (C=O) groups is 2. The number of carboxylic acids is 1. The van der Waals surface area contributed by atoms with Crippen LogP contribution >= 0.6 is 0 Å². The van der Waals surface area contributed by atoms with E-state index in [0.717, 1.165) is 12.3 Å². The van der Waals surface area contributed by atoms with Gasteiger partial charge in [-0.2, -0.15) is 0 Å². The zero-order valence-electron chi connectivity index (χ0n) is 10.1. The van der Waals surface area contributed by atoms with Crippen molar-refractivity contribution in [1.82, 2.24) is 15.0 Å². The lowest BCUT2D eigenvalue weighted by molar-refractivity contribution is 0.0690. The van der Waals surface area contributed by atoms with Crippen molar-refractivity contribution in [3.05, 3.63) is 29.6 Å². The van der Waals surface area contributed by atoms with E-state index < -0.39 is 21.9 Å². The normalized spacial score (nSPS) is 11.0. The summed E-state index contributed by atoms with van der Waals surface area (Å²) in [5.74, 6) is -1.73. The monoisotopic (exact) mass is 287 g/mol. The lowest BCUT2D eigenvalue weighted by atomic mass is 10.2. The highest BCUT2D eigenvalue weighted by molar-refractivity contribution is 7.88. The number of hydrogen-bond donors (Lipinski definition) is 3. The molecule has 0 saturated carbocycles. The average molecular weight is 287 g/mol. The van der Waals surface area contributed by atoms with Crippen LogP contribution in [0.25, 0.3) is 0 Å². The minimum atomic E-state index is -3.29. The molecule has 1 rings (SSSR count). The lowest BCUT2D eigenvalue weighted by Gasteiger charge is -2.06. The van der Waals surface area contributed by atoms with Crippen LogP contribution in [0.1, 0.15) is 20.8 Å². The Morgan fingerprint density at radius 2 is 2.05 bits per heavy atom. The number of aromatic carboxylic acids is 1. The highest BCUT2D eigenvalue weighted by Crippen LogP contribution is 2.01. The first kappa shape index (κ1) is 15.1. The fraction of sp³-hybridized carbons (Fsp3) is 0.300. The van der Waals surface area contributed by atoms with E-state index in [2.05, 4.69) is 15.0 Å². The molecule has 0 saturated heterocycles. The first-order chi connectivity index (χ1) is 8.79. The second kappa shape index (κ2) is 6.25. The van der Waals surface area contributed by atoms with E-state index >= 15 is 0 Å². The highest BCUT2D eigenvalue weighted by atomic mass is 32.2. The number of nitrogens with one attached hydrogen (secondary N) is 2. The molecule has 0 aliphatic rings. The van der Waals surface area contributed by atoms with Gasteiger partial charge in [-0.15, -0.1) is 0 Å². The van der Waals surface area contributed by atoms with Gasteiger partial charge in [0.15, 0.2) is 0 Å². The van der Waals surface area contributed by atoms with Crippen molar-refractivity contribution in [3.8, 4) is 0 Å². The van der Waals surface area contributed by atoms with Crippen LogP contribution in [0.3, 0.4) is 0 Å². The molecule has 8 nitrogen and oxygen atoms in total. The van der Waals surface area contributed by atoms with Gasteiger partial charge in [0.05, 0.1) is 6.26 Å². The predicted octanol–water partition coefficient (Wildman–Crippen LogP) is -0.941. The van der Waals surface area contributed by atoms with Gasteiger partial charge in [0, 0.05) is 24.8 Å². The molecule has 0 fully saturated rings. The summed E-state index contributed by atoms with van der Waals surface area (Å²) in [5.41, 5.74) is -0.0892. The predicted molar refractivity (Wildman–Crippen MR) is 66.4 cm³/mol. The molecule has 1 aromatic rings. The van der Waals surface area contributed by atoms with Crippen LogP contribution in [0.5, 0.6) is 0 Å². The molecule has 0 bridgehead atoms. The summed E-state index contributed by atoms with van der Waals surface area (Å²) in [5, 5.41) is 11.2. The Kier molecular flexibility index (Phi) is 4.95. The number of rotatable bonds is 6. The number of carbonyl (C=O) groups excluding carboxylic acids is 1. The van der Waals surface area contributed by atoms with Crippen molar-refractivity contribution in [3.63, 3.8) is 0 Å². The van der Waals surface area contributed by atoms with Gasteiger partial charge < -0.3 is 10.4 Å². The van der Waals surface area contributed by atoms with Crippen molar-refractivity contribution >= 4 is 21.9 Å². The molecular formula is C10H13N3O5S. The van der Waals surface area contributed by atoms with Crippen LogP contribution in [-0.4, -0.2) is 49.7 Å². The van der Waals surface area contributed by atoms with Gasteiger partial charge in [-0.1, -0.05) is 0 Å². The Morgan fingerprint density at radius 1 is 1.37 bits per heavy atom. The largest absolute Gasteiger partial charge is 0.477 e. The number of amides is 1. The number of nitrogens with zero attached hydrogens (tertiary/aromatic N) is 1. The summed E-state index contributed by atoms with van der Waals surface area (Å²) in [7, 11) is -3.29. The zero-order chi connectivity index (χ0) is 14.5. The molecule has 0 aromatic carbocycles. The van der Waals surface area contributed by atoms with Crippen molar-refractivity contribution in [2.24, 2.45) is 0 Å². The summed E-state index contributed by atoms with van der Waals surface area (Å²) in [6, 6.07) is 2.51. The van der Waals surface area contributed by atoms with E-state index in [1.165, 1.54) is 12.3 Å². The molecule has 19 heavy (non-hydrogen) atoms. The van der Waals surface area contributed by atoms with Gasteiger partial charge in [0.1, 0.15) is 5.69 Å². The Hall–Kier alpha value is -2.00. The molecule has 1 amide bonds. The number of sulfonamides is 1. The third-order valence-electron chi connectivity index (χ3n) is 2.02. The number of pyridine rings is 1. The van der Waals surface area contributed by atoms with Crippen LogP contribution in [-0.2, 0) is 10.0 Å². The van der Waals surface area contributed by atoms with Gasteiger partial charge in [-0.3, -0.25) is 4.79 Å². The van der Waals surface area contributed by atoms with E-state index in [9.17, 15) is 18.0 Å². The Labute approximate surface area is 109 Å². The smallest absolute Gasteiger partial charge is 0.354 e. The maximum absolute atomic E-state index is 11.6. The lowest BCUT2D eigenvalue weighted by Crippen LogP contribution is -2.34. The van der Waals surface area contributed by atoms with Crippen LogP contribution in [0, 0.1) is 0 Å². The molecule has 104 valence electrons. The summed E-state index contributed by atoms with van der Waals surface area (Å²) in [4.78, 5) is 25.9. The Balaban J connectivity index is 2.54. The minimum absolute atomic E-state index is 0.0570. The molecule has 1 heterocycles. The maximum atomic E-state index is 11.6. The second-order valence-electron chi connectivity index (χ2n) is 3.66. The van der Waals surface area contributed by atoms with Gasteiger partial charge in [0.25, 0.3) is 5.91 Å². The van der Waals surface area contributed by atoms with Crippen molar-refractivity contribution in [2.75, 3.05) is 19.3 Å². The summed E-state index contributed by atoms with van der Waals surface area (Å²) in [6.45, 7) is 0.151. The number of carboxylic acid groups (broad SMARTS) is 1. The molecule has 3 N–H and O–H groups in total. The fourth-order valence-corrected chi connectivity index (χ4v) is 1.68. The highest BCUT2D eigenvalue weighted by Gasteiger charge is 2.10. The van der Waals surface area contributed by atoms with Gasteiger partial charge >= 0.3 is 5.97 Å². The summed E-state index contributed by atoms with van der Waals surface area (Å²) < 4.78 is 23.7. The standard InChI is InChI=1S/C10H13N3O5S/c1-19(17,18)13-5-4-12-9(14)7-2-3-11-8(6-7)10(15)16/h2-3,6,13H,4-5H2,1H3,(H,12,14)(H,15,16). The van der Waals surface area contributed by atoms with Gasteiger partial charge in [-0.25, -0.2) is 22.9 Å². The van der Waals surface area contributed by atoms with E-state index in [-0.39, 0.29) is 24.3 Å². The molecule has 0 aliphatic heterocycles. The quantitative estimate of drug-likeness (QED) is 0.580. The van der Waals surface area contributed by atoms with Crippen LogP contribution in [0.15, 0.2) is 18.3 Å². The topological polar surface area (TPSA) is 125 Å². The van der Waals surface area contributed by atoms with Crippen molar-refractivity contribution in [1.29, 1.82) is 0 Å². The van der Waals surface area contributed by atoms with E-state index in [4.69, 9.17) is 5.11 Å². The van der Waals surface area contributed by atoms with E-state index in [1.54, 1.807) is 0 Å². The van der Waals surface area contributed by atoms with Crippen LogP contribution in [0.2, 0.25) is 0 Å². The first-order valence-electron chi connectivity index (χ1n) is 5.22. The summed E-state index contributed by atoms with van der Waals surface area (Å²) in [6.07, 6.45) is 2.23. The first-order valence-corrected chi connectivity index (χ1v) is 7.11. The average Bonchev–Trinajstić information content (AvgIpc) is 2.33. The molecule has 9 heteroatoms. The molecule has 0 radical (unpaired) electrons. The van der Waals surface area contributed by atoms with E-state index in [1.807, 2.05) is 0 Å². The minimum Gasteiger partial charge on any atom is -0.477 e. The Bertz CT molecular complexity index is 585. The summed E-state index contributed by atoms with van der Waals surface area (Å²) >= 11 is 0. The molecule has 0 atom stereocenters. The molecule has 0 unspecified atom stereocenters. The molecule has 0 spiro atoms. The third-order valence-corrected chi connectivity index (χ3v) is 2.74.